The van der Waals surface area contributed by atoms with E-state index in [1.54, 1.807) is 31.2 Å². The van der Waals surface area contributed by atoms with Crippen molar-refractivity contribution < 1.29 is 14.3 Å². The SMILES string of the molecule is Cc1ccc(NC(=O)COC(=O)/C(=C/c2ccccc2)n2nnnc2C)cc1Cl. The van der Waals surface area contributed by atoms with Crippen molar-refractivity contribution in [2.45, 2.75) is 13.8 Å². The molecule has 1 heterocycles. The summed E-state index contributed by atoms with van der Waals surface area (Å²) in [6.07, 6.45) is 1.59. The topological polar surface area (TPSA) is 99.0 Å². The Morgan fingerprint density at radius 3 is 2.59 bits per heavy atom. The Kier molecular flexibility index (Phi) is 6.36. The van der Waals surface area contributed by atoms with Gasteiger partial charge < -0.3 is 10.1 Å². The molecule has 3 aromatic rings. The number of hydrogen-bond acceptors (Lipinski definition) is 6. The predicted octanol–water partition coefficient (Wildman–Crippen LogP) is 3.12. The van der Waals surface area contributed by atoms with E-state index in [1.165, 1.54) is 4.68 Å². The lowest BCUT2D eigenvalue weighted by Crippen LogP contribution is -2.23. The molecule has 0 radical (unpaired) electrons. The second kappa shape index (κ2) is 9.11. The highest BCUT2D eigenvalue weighted by Gasteiger charge is 2.19. The number of esters is 1. The second-order valence-corrected chi connectivity index (χ2v) is 6.57. The minimum absolute atomic E-state index is 0.0879. The first-order chi connectivity index (χ1) is 13.9. The molecule has 148 valence electrons. The number of nitrogens with one attached hydrogen (secondary N) is 1. The highest BCUT2D eigenvalue weighted by molar-refractivity contribution is 6.31. The molecule has 0 spiro atoms. The van der Waals surface area contributed by atoms with Crippen molar-refractivity contribution in [3.63, 3.8) is 0 Å². The molecular weight excluding hydrogens is 394 g/mol. The third-order valence-corrected chi connectivity index (χ3v) is 4.36. The summed E-state index contributed by atoms with van der Waals surface area (Å²) in [5.41, 5.74) is 2.25. The van der Waals surface area contributed by atoms with Crippen molar-refractivity contribution in [1.29, 1.82) is 0 Å². The Bertz CT molecular complexity index is 1060. The average Bonchev–Trinajstić information content (AvgIpc) is 3.13. The van der Waals surface area contributed by atoms with E-state index in [2.05, 4.69) is 20.8 Å². The Morgan fingerprint density at radius 2 is 1.93 bits per heavy atom. The lowest BCUT2D eigenvalue weighted by molar-refractivity contribution is -0.141. The fraction of sp³-hybridized carbons (Fsp3) is 0.150. The molecule has 0 aliphatic carbocycles. The molecular formula is C20H18ClN5O3. The van der Waals surface area contributed by atoms with Crippen LogP contribution in [0, 0.1) is 13.8 Å². The molecule has 3 rings (SSSR count). The Labute approximate surface area is 172 Å². The van der Waals surface area contributed by atoms with Gasteiger partial charge in [-0.2, -0.15) is 4.68 Å². The summed E-state index contributed by atoms with van der Waals surface area (Å²) in [7, 11) is 0. The fourth-order valence-electron chi connectivity index (χ4n) is 2.44. The maximum atomic E-state index is 12.6. The molecule has 0 atom stereocenters. The summed E-state index contributed by atoms with van der Waals surface area (Å²) in [6.45, 7) is 3.04. The predicted molar refractivity (Wildman–Crippen MR) is 109 cm³/mol. The van der Waals surface area contributed by atoms with Crippen molar-refractivity contribution in [3.8, 4) is 0 Å². The summed E-state index contributed by atoms with van der Waals surface area (Å²) in [4.78, 5) is 24.8. The zero-order valence-electron chi connectivity index (χ0n) is 15.8. The number of carbonyl (C=O) groups excluding carboxylic acids is 2. The molecule has 9 heteroatoms. The van der Waals surface area contributed by atoms with Gasteiger partial charge in [-0.1, -0.05) is 48.0 Å². The first-order valence-corrected chi connectivity index (χ1v) is 9.07. The number of aryl methyl sites for hydroxylation is 2. The molecule has 1 aromatic heterocycles. The van der Waals surface area contributed by atoms with E-state index in [4.69, 9.17) is 16.3 Å². The van der Waals surface area contributed by atoms with Gasteiger partial charge in [0.25, 0.3) is 5.91 Å². The van der Waals surface area contributed by atoms with Crippen LogP contribution in [0.3, 0.4) is 0 Å². The summed E-state index contributed by atoms with van der Waals surface area (Å²) in [5, 5.41) is 14.3. The molecule has 0 saturated carbocycles. The molecule has 29 heavy (non-hydrogen) atoms. The second-order valence-electron chi connectivity index (χ2n) is 6.17. The van der Waals surface area contributed by atoms with Gasteiger partial charge in [0.2, 0.25) is 0 Å². The van der Waals surface area contributed by atoms with Crippen LogP contribution in [0.2, 0.25) is 5.02 Å². The smallest absolute Gasteiger partial charge is 0.357 e. The maximum absolute atomic E-state index is 12.6. The molecule has 8 nitrogen and oxygen atoms in total. The van der Waals surface area contributed by atoms with Crippen molar-refractivity contribution in [3.05, 3.63) is 70.5 Å². The van der Waals surface area contributed by atoms with Gasteiger partial charge in [-0.05, 0) is 53.6 Å². The van der Waals surface area contributed by atoms with Crippen molar-refractivity contribution in [1.82, 2.24) is 20.2 Å². The number of tetrazole rings is 1. The van der Waals surface area contributed by atoms with Crippen LogP contribution in [-0.2, 0) is 14.3 Å². The van der Waals surface area contributed by atoms with Crippen LogP contribution in [-0.4, -0.2) is 38.7 Å². The van der Waals surface area contributed by atoms with E-state index >= 15 is 0 Å². The fourth-order valence-corrected chi connectivity index (χ4v) is 2.62. The zero-order valence-corrected chi connectivity index (χ0v) is 16.6. The molecule has 1 amide bonds. The summed E-state index contributed by atoms with van der Waals surface area (Å²) < 4.78 is 6.43. The number of nitrogens with zero attached hydrogens (tertiary/aromatic N) is 4. The number of carbonyl (C=O) groups is 2. The van der Waals surface area contributed by atoms with E-state index in [1.807, 2.05) is 37.3 Å². The molecule has 0 saturated heterocycles. The Hall–Kier alpha value is -3.52. The number of ether oxygens (including phenoxy) is 1. The quantitative estimate of drug-likeness (QED) is 0.494. The molecule has 0 aliphatic heterocycles. The monoisotopic (exact) mass is 411 g/mol. The van der Waals surface area contributed by atoms with Crippen LogP contribution in [0.15, 0.2) is 48.5 Å². The number of amides is 1. The molecule has 0 unspecified atom stereocenters. The third kappa shape index (κ3) is 5.26. The number of halogens is 1. The zero-order chi connectivity index (χ0) is 20.8. The van der Waals surface area contributed by atoms with E-state index in [0.717, 1.165) is 11.1 Å². The minimum Gasteiger partial charge on any atom is -0.451 e. The van der Waals surface area contributed by atoms with Crippen LogP contribution in [0.4, 0.5) is 5.69 Å². The van der Waals surface area contributed by atoms with Gasteiger partial charge in [0.05, 0.1) is 0 Å². The number of rotatable bonds is 6. The van der Waals surface area contributed by atoms with Crippen molar-refractivity contribution in [2.24, 2.45) is 0 Å². The summed E-state index contributed by atoms with van der Waals surface area (Å²) >= 11 is 6.05. The van der Waals surface area contributed by atoms with Gasteiger partial charge in [-0.3, -0.25) is 4.79 Å². The first kappa shape index (κ1) is 20.2. The normalized spacial score (nSPS) is 11.2. The van der Waals surface area contributed by atoms with Gasteiger partial charge >= 0.3 is 5.97 Å². The van der Waals surface area contributed by atoms with E-state index in [0.29, 0.717) is 16.5 Å². The van der Waals surface area contributed by atoms with E-state index < -0.39 is 18.5 Å². The van der Waals surface area contributed by atoms with Crippen molar-refractivity contribution in [2.75, 3.05) is 11.9 Å². The summed E-state index contributed by atoms with van der Waals surface area (Å²) in [5.74, 6) is -0.824. The standard InChI is InChI=1S/C20H18ClN5O3/c1-13-8-9-16(11-17(13)21)22-19(27)12-29-20(28)18(26-14(2)23-24-25-26)10-15-6-4-3-5-7-15/h3-11H,12H2,1-2H3,(H,22,27)/b18-10-. The lowest BCUT2D eigenvalue weighted by Gasteiger charge is -2.10. The maximum Gasteiger partial charge on any atom is 0.357 e. The minimum atomic E-state index is -0.735. The van der Waals surface area contributed by atoms with Crippen LogP contribution >= 0.6 is 11.6 Å². The number of hydrogen-bond donors (Lipinski definition) is 1. The van der Waals surface area contributed by atoms with Gasteiger partial charge in [0.1, 0.15) is 0 Å². The Balaban J connectivity index is 1.71. The number of anilines is 1. The largest absolute Gasteiger partial charge is 0.451 e. The highest BCUT2D eigenvalue weighted by atomic mass is 35.5. The molecule has 2 aromatic carbocycles. The van der Waals surface area contributed by atoms with Crippen molar-refractivity contribution >= 4 is 40.9 Å². The van der Waals surface area contributed by atoms with Gasteiger partial charge in [-0.15, -0.1) is 5.10 Å². The number of aromatic nitrogens is 4. The van der Waals surface area contributed by atoms with Gasteiger partial charge in [0, 0.05) is 10.7 Å². The third-order valence-electron chi connectivity index (χ3n) is 3.96. The van der Waals surface area contributed by atoms with Gasteiger partial charge in [0.15, 0.2) is 18.1 Å². The molecule has 1 N–H and O–H groups in total. The van der Waals surface area contributed by atoms with E-state index in [-0.39, 0.29) is 5.70 Å². The van der Waals surface area contributed by atoms with E-state index in [9.17, 15) is 9.59 Å². The number of benzene rings is 2. The average molecular weight is 412 g/mol. The van der Waals surface area contributed by atoms with Crippen LogP contribution < -0.4 is 5.32 Å². The molecule has 0 bridgehead atoms. The van der Waals surface area contributed by atoms with Crippen LogP contribution in [0.5, 0.6) is 0 Å². The first-order valence-electron chi connectivity index (χ1n) is 8.69. The molecule has 0 aliphatic rings. The van der Waals surface area contributed by atoms with Crippen LogP contribution in [0.1, 0.15) is 17.0 Å². The Morgan fingerprint density at radius 1 is 1.17 bits per heavy atom. The highest BCUT2D eigenvalue weighted by Crippen LogP contribution is 2.20. The van der Waals surface area contributed by atoms with Gasteiger partial charge in [-0.25, -0.2) is 4.79 Å². The van der Waals surface area contributed by atoms with Crippen LogP contribution in [0.25, 0.3) is 11.8 Å². The summed E-state index contributed by atoms with van der Waals surface area (Å²) in [6, 6.07) is 14.3. The molecule has 0 fully saturated rings. The lowest BCUT2D eigenvalue weighted by atomic mass is 10.2.